The maximum Gasteiger partial charge on any atom is 0.258 e. The Morgan fingerprint density at radius 2 is 1.67 bits per heavy atom. The maximum absolute atomic E-state index is 13.0. The van der Waals surface area contributed by atoms with Gasteiger partial charge in [0.15, 0.2) is 0 Å². The molecule has 0 bridgehead atoms. The Labute approximate surface area is 175 Å². The average Bonchev–Trinajstić information content (AvgIpc) is 3.17. The fourth-order valence-corrected chi connectivity index (χ4v) is 3.65. The molecular weight excluding hydrogens is 379 g/mol. The number of benzene rings is 3. The van der Waals surface area contributed by atoms with Crippen molar-refractivity contribution in [1.29, 1.82) is 0 Å². The quantitative estimate of drug-likeness (QED) is 0.696. The van der Waals surface area contributed by atoms with Crippen molar-refractivity contribution in [2.75, 3.05) is 11.4 Å². The van der Waals surface area contributed by atoms with Crippen LogP contribution in [0.1, 0.15) is 32.6 Å². The van der Waals surface area contributed by atoms with Crippen LogP contribution in [0.25, 0.3) is 0 Å². The summed E-state index contributed by atoms with van der Waals surface area (Å²) in [6.07, 6.45) is 1.02. The van der Waals surface area contributed by atoms with E-state index in [0.29, 0.717) is 18.7 Å². The summed E-state index contributed by atoms with van der Waals surface area (Å²) in [5, 5.41) is 2.90. The zero-order chi connectivity index (χ0) is 21.1. The molecule has 4 rings (SSSR count). The summed E-state index contributed by atoms with van der Waals surface area (Å²) in [5.74, 6) is -0.456. The summed E-state index contributed by atoms with van der Waals surface area (Å²) in [6, 6.07) is 19.5. The second-order valence-corrected chi connectivity index (χ2v) is 7.62. The van der Waals surface area contributed by atoms with E-state index in [-0.39, 0.29) is 24.1 Å². The molecule has 4 nitrogen and oxygen atoms in total. The van der Waals surface area contributed by atoms with Gasteiger partial charge in [-0.25, -0.2) is 4.39 Å². The fraction of sp³-hybridized carbons (Fsp3) is 0.200. The molecule has 0 unspecified atom stereocenters. The van der Waals surface area contributed by atoms with Gasteiger partial charge in [-0.15, -0.1) is 0 Å². The number of halogens is 1. The van der Waals surface area contributed by atoms with E-state index < -0.39 is 0 Å². The summed E-state index contributed by atoms with van der Waals surface area (Å²) in [4.78, 5) is 27.0. The Hall–Kier alpha value is -3.47. The lowest BCUT2D eigenvalue weighted by Crippen LogP contribution is -2.29. The molecule has 1 aliphatic rings. The molecule has 3 aromatic carbocycles. The molecular formula is C25H23FN2O2. The number of aryl methyl sites for hydroxylation is 1. The Kier molecular flexibility index (Phi) is 5.61. The lowest BCUT2D eigenvalue weighted by Gasteiger charge is -2.18. The fourth-order valence-electron chi connectivity index (χ4n) is 3.65. The first kappa shape index (κ1) is 19.8. The van der Waals surface area contributed by atoms with Gasteiger partial charge in [0.05, 0.1) is 6.42 Å². The van der Waals surface area contributed by atoms with Crippen LogP contribution in [0.5, 0.6) is 0 Å². The van der Waals surface area contributed by atoms with Crippen LogP contribution >= 0.6 is 0 Å². The van der Waals surface area contributed by atoms with E-state index >= 15 is 0 Å². The largest absolute Gasteiger partial charge is 0.352 e. The molecule has 0 radical (unpaired) electrons. The summed E-state index contributed by atoms with van der Waals surface area (Å²) in [7, 11) is 0. The summed E-state index contributed by atoms with van der Waals surface area (Å²) in [5.41, 5.74) is 5.53. The molecule has 5 heteroatoms. The summed E-state index contributed by atoms with van der Waals surface area (Å²) in [6.45, 7) is 3.03. The number of rotatable bonds is 5. The van der Waals surface area contributed by atoms with E-state index in [1.165, 1.54) is 12.1 Å². The minimum Gasteiger partial charge on any atom is -0.352 e. The van der Waals surface area contributed by atoms with Crippen LogP contribution in [0, 0.1) is 12.7 Å². The summed E-state index contributed by atoms with van der Waals surface area (Å²) >= 11 is 0. The normalized spacial score (nSPS) is 12.5. The number of fused-ring (bicyclic) bond motifs is 1. The van der Waals surface area contributed by atoms with E-state index in [1.807, 2.05) is 54.3 Å². The molecule has 1 aliphatic heterocycles. The van der Waals surface area contributed by atoms with Crippen LogP contribution in [0.4, 0.5) is 10.1 Å². The predicted octanol–water partition coefficient (Wildman–Crippen LogP) is 4.20. The second-order valence-electron chi connectivity index (χ2n) is 7.62. The SMILES string of the molecule is Cc1ccc(C(=O)N2CCc3ccc(CNC(=O)Cc4ccc(F)cc4)cc32)cc1. The molecule has 0 saturated carbocycles. The van der Waals surface area contributed by atoms with Gasteiger partial charge in [0.25, 0.3) is 5.91 Å². The van der Waals surface area contributed by atoms with E-state index in [2.05, 4.69) is 5.32 Å². The van der Waals surface area contributed by atoms with Crippen molar-refractivity contribution in [3.63, 3.8) is 0 Å². The second kappa shape index (κ2) is 8.49. The van der Waals surface area contributed by atoms with Crippen LogP contribution < -0.4 is 10.2 Å². The Bertz CT molecular complexity index is 1080. The molecule has 0 aliphatic carbocycles. The molecule has 0 spiro atoms. The smallest absolute Gasteiger partial charge is 0.258 e. The molecule has 0 saturated heterocycles. The third-order valence-corrected chi connectivity index (χ3v) is 5.36. The average molecular weight is 402 g/mol. The molecule has 1 N–H and O–H groups in total. The third-order valence-electron chi connectivity index (χ3n) is 5.36. The molecule has 3 aromatic rings. The number of hydrogen-bond donors (Lipinski definition) is 1. The Balaban J connectivity index is 1.42. The standard InChI is InChI=1S/C25H23FN2O2/c1-17-2-7-21(8-3-17)25(30)28-13-12-20-9-4-19(14-23(20)28)16-27-24(29)15-18-5-10-22(26)11-6-18/h2-11,14H,12-13,15-16H2,1H3,(H,27,29). The van der Waals surface area contributed by atoms with Crippen molar-refractivity contribution < 1.29 is 14.0 Å². The Morgan fingerprint density at radius 1 is 0.967 bits per heavy atom. The van der Waals surface area contributed by atoms with Gasteiger partial charge in [-0.2, -0.15) is 0 Å². The number of anilines is 1. The third kappa shape index (κ3) is 4.40. The number of carbonyl (C=O) groups is 2. The van der Waals surface area contributed by atoms with Crippen LogP contribution in [-0.2, 0) is 24.2 Å². The van der Waals surface area contributed by atoms with Gasteiger partial charge in [-0.05, 0) is 60.4 Å². The Morgan fingerprint density at radius 3 is 2.40 bits per heavy atom. The van der Waals surface area contributed by atoms with Crippen molar-refractivity contribution in [2.45, 2.75) is 26.3 Å². The monoisotopic (exact) mass is 402 g/mol. The van der Waals surface area contributed by atoms with Crippen molar-refractivity contribution in [3.05, 3.63) is 100 Å². The number of hydrogen-bond acceptors (Lipinski definition) is 2. The van der Waals surface area contributed by atoms with E-state index in [4.69, 9.17) is 0 Å². The van der Waals surface area contributed by atoms with E-state index in [1.54, 1.807) is 12.1 Å². The molecule has 0 aromatic heterocycles. The highest BCUT2D eigenvalue weighted by Crippen LogP contribution is 2.30. The van der Waals surface area contributed by atoms with Crippen molar-refractivity contribution in [2.24, 2.45) is 0 Å². The van der Waals surface area contributed by atoms with Crippen molar-refractivity contribution in [3.8, 4) is 0 Å². The van der Waals surface area contributed by atoms with Gasteiger partial charge in [-0.3, -0.25) is 9.59 Å². The van der Waals surface area contributed by atoms with E-state index in [9.17, 15) is 14.0 Å². The van der Waals surface area contributed by atoms with Gasteiger partial charge >= 0.3 is 0 Å². The first-order chi connectivity index (χ1) is 14.5. The number of amides is 2. The molecule has 0 fully saturated rings. The highest BCUT2D eigenvalue weighted by Gasteiger charge is 2.25. The maximum atomic E-state index is 13.0. The lowest BCUT2D eigenvalue weighted by atomic mass is 10.1. The van der Waals surface area contributed by atoms with Gasteiger partial charge in [-0.1, -0.05) is 42.0 Å². The van der Waals surface area contributed by atoms with Crippen LogP contribution in [0.2, 0.25) is 0 Å². The first-order valence-electron chi connectivity index (χ1n) is 10.0. The van der Waals surface area contributed by atoms with Crippen LogP contribution in [0.3, 0.4) is 0 Å². The van der Waals surface area contributed by atoms with Gasteiger partial charge in [0, 0.05) is 24.3 Å². The van der Waals surface area contributed by atoms with Crippen molar-refractivity contribution >= 4 is 17.5 Å². The lowest BCUT2D eigenvalue weighted by molar-refractivity contribution is -0.120. The highest BCUT2D eigenvalue weighted by atomic mass is 19.1. The minimum atomic E-state index is -0.318. The number of nitrogens with one attached hydrogen (secondary N) is 1. The zero-order valence-electron chi connectivity index (χ0n) is 16.8. The van der Waals surface area contributed by atoms with Crippen LogP contribution in [0.15, 0.2) is 66.7 Å². The topological polar surface area (TPSA) is 49.4 Å². The van der Waals surface area contributed by atoms with Crippen LogP contribution in [-0.4, -0.2) is 18.4 Å². The van der Waals surface area contributed by atoms with Gasteiger partial charge in [0.2, 0.25) is 5.91 Å². The van der Waals surface area contributed by atoms with Crippen molar-refractivity contribution in [1.82, 2.24) is 5.32 Å². The summed E-state index contributed by atoms with van der Waals surface area (Å²) < 4.78 is 13.0. The minimum absolute atomic E-state index is 0.00811. The zero-order valence-corrected chi connectivity index (χ0v) is 16.8. The molecule has 0 atom stereocenters. The number of nitrogens with zero attached hydrogens (tertiary/aromatic N) is 1. The molecule has 30 heavy (non-hydrogen) atoms. The first-order valence-corrected chi connectivity index (χ1v) is 10.0. The van der Waals surface area contributed by atoms with E-state index in [0.717, 1.165) is 34.4 Å². The predicted molar refractivity (Wildman–Crippen MR) is 115 cm³/mol. The molecule has 152 valence electrons. The number of carbonyl (C=O) groups excluding carboxylic acids is 2. The molecule has 2 amide bonds. The van der Waals surface area contributed by atoms with Gasteiger partial charge in [0.1, 0.15) is 5.82 Å². The van der Waals surface area contributed by atoms with Gasteiger partial charge < -0.3 is 10.2 Å². The molecule has 1 heterocycles. The highest BCUT2D eigenvalue weighted by molar-refractivity contribution is 6.07.